The zero-order valence-corrected chi connectivity index (χ0v) is 9.20. The number of aromatic nitrogens is 2. The highest BCUT2D eigenvalue weighted by atomic mass is 35.5. The van der Waals surface area contributed by atoms with E-state index in [2.05, 4.69) is 9.97 Å². The molecule has 0 amide bonds. The number of nitrogens with zero attached hydrogens (tertiary/aromatic N) is 2. The molecule has 0 atom stereocenters. The van der Waals surface area contributed by atoms with E-state index in [0.29, 0.717) is 5.88 Å². The van der Waals surface area contributed by atoms with Crippen molar-refractivity contribution in [1.82, 2.24) is 9.97 Å². The predicted molar refractivity (Wildman–Crippen MR) is 61.8 cm³/mol. The van der Waals surface area contributed by atoms with Gasteiger partial charge < -0.3 is 0 Å². The topological polar surface area (TPSA) is 25.8 Å². The molecule has 0 aliphatic heterocycles. The van der Waals surface area contributed by atoms with E-state index in [9.17, 15) is 0 Å². The third kappa shape index (κ3) is 2.16. The molecule has 15 heavy (non-hydrogen) atoms. The van der Waals surface area contributed by atoms with Gasteiger partial charge in [-0.1, -0.05) is 6.07 Å². The Balaban J connectivity index is 2.53. The molecule has 0 saturated heterocycles. The fourth-order valence-corrected chi connectivity index (χ4v) is 1.66. The summed E-state index contributed by atoms with van der Waals surface area (Å²) in [4.78, 5) is 8.61. The van der Waals surface area contributed by atoms with E-state index >= 15 is 0 Å². The first-order valence-electron chi connectivity index (χ1n) is 4.74. The van der Waals surface area contributed by atoms with Crippen LogP contribution in [-0.4, -0.2) is 9.97 Å². The highest BCUT2D eigenvalue weighted by molar-refractivity contribution is 6.17. The summed E-state index contributed by atoms with van der Waals surface area (Å²) in [6.07, 6.45) is 3.55. The van der Waals surface area contributed by atoms with Gasteiger partial charge in [0, 0.05) is 18.3 Å². The lowest BCUT2D eigenvalue weighted by Crippen LogP contribution is -1.92. The van der Waals surface area contributed by atoms with Crippen LogP contribution in [0.25, 0.3) is 11.4 Å². The molecule has 0 aliphatic rings. The Labute approximate surface area is 94.0 Å². The minimum absolute atomic E-state index is 0.457. The highest BCUT2D eigenvalue weighted by Crippen LogP contribution is 2.20. The Bertz CT molecular complexity index is 469. The molecule has 2 heterocycles. The molecule has 0 N–H and O–H groups in total. The summed E-state index contributed by atoms with van der Waals surface area (Å²) in [6, 6.07) is 7.83. The van der Waals surface area contributed by atoms with Crippen LogP contribution in [0.2, 0.25) is 0 Å². The van der Waals surface area contributed by atoms with Gasteiger partial charge in [-0.15, -0.1) is 11.6 Å². The van der Waals surface area contributed by atoms with E-state index in [1.54, 1.807) is 12.4 Å². The van der Waals surface area contributed by atoms with E-state index in [4.69, 9.17) is 11.6 Å². The molecule has 0 bridgehead atoms. The van der Waals surface area contributed by atoms with E-state index in [1.165, 1.54) is 5.56 Å². The molecule has 2 aromatic rings. The van der Waals surface area contributed by atoms with Crippen LogP contribution >= 0.6 is 11.6 Å². The van der Waals surface area contributed by atoms with E-state index < -0.39 is 0 Å². The monoisotopic (exact) mass is 218 g/mol. The van der Waals surface area contributed by atoms with Crippen molar-refractivity contribution >= 4 is 11.6 Å². The standard InChI is InChI=1S/C12H11ClN2/c1-9-4-6-14-11(7-9)12-10(8-13)3-2-5-15-12/h2-7H,8H2,1H3. The number of halogens is 1. The van der Waals surface area contributed by atoms with Gasteiger partial charge in [0.15, 0.2) is 0 Å². The third-order valence-electron chi connectivity index (χ3n) is 2.19. The molecule has 2 aromatic heterocycles. The Morgan fingerprint density at radius 3 is 2.80 bits per heavy atom. The summed E-state index contributed by atoms with van der Waals surface area (Å²) in [7, 11) is 0. The molecule has 2 nitrogen and oxygen atoms in total. The van der Waals surface area contributed by atoms with E-state index in [0.717, 1.165) is 17.0 Å². The molecular formula is C12H11ClN2. The van der Waals surface area contributed by atoms with Crippen molar-refractivity contribution in [3.8, 4) is 11.4 Å². The quantitative estimate of drug-likeness (QED) is 0.724. The first-order chi connectivity index (χ1) is 7.31. The molecule has 0 saturated carbocycles. The summed E-state index contributed by atoms with van der Waals surface area (Å²) in [6.45, 7) is 2.04. The van der Waals surface area contributed by atoms with Gasteiger partial charge >= 0.3 is 0 Å². The first kappa shape index (κ1) is 10.1. The molecule has 3 heteroatoms. The summed E-state index contributed by atoms with van der Waals surface area (Å²) >= 11 is 5.85. The lowest BCUT2D eigenvalue weighted by Gasteiger charge is -2.05. The fourth-order valence-electron chi connectivity index (χ4n) is 1.44. The molecule has 2 rings (SSSR count). The van der Waals surface area contributed by atoms with Gasteiger partial charge in [0.1, 0.15) is 0 Å². The number of rotatable bonds is 2. The first-order valence-corrected chi connectivity index (χ1v) is 5.27. The van der Waals surface area contributed by atoms with Gasteiger partial charge in [-0.3, -0.25) is 9.97 Å². The van der Waals surface area contributed by atoms with Gasteiger partial charge in [0.05, 0.1) is 11.4 Å². The third-order valence-corrected chi connectivity index (χ3v) is 2.48. The Morgan fingerprint density at radius 1 is 1.20 bits per heavy atom. The van der Waals surface area contributed by atoms with Crippen molar-refractivity contribution in [2.24, 2.45) is 0 Å². The van der Waals surface area contributed by atoms with Gasteiger partial charge in [0.25, 0.3) is 0 Å². The number of alkyl halides is 1. The maximum atomic E-state index is 5.85. The van der Waals surface area contributed by atoms with Crippen molar-refractivity contribution in [1.29, 1.82) is 0 Å². The van der Waals surface area contributed by atoms with E-state index in [1.807, 2.05) is 31.2 Å². The Hall–Kier alpha value is -1.41. The van der Waals surface area contributed by atoms with Crippen LogP contribution in [0.4, 0.5) is 0 Å². The number of hydrogen-bond acceptors (Lipinski definition) is 2. The van der Waals surface area contributed by atoms with Gasteiger partial charge in [-0.2, -0.15) is 0 Å². The van der Waals surface area contributed by atoms with Crippen molar-refractivity contribution in [2.75, 3.05) is 0 Å². The Kier molecular flexibility index (Phi) is 2.97. The summed E-state index contributed by atoms with van der Waals surface area (Å²) in [5.41, 5.74) is 3.94. The average Bonchev–Trinajstić information content (AvgIpc) is 2.29. The molecule has 0 aliphatic carbocycles. The van der Waals surface area contributed by atoms with Crippen LogP contribution in [0.5, 0.6) is 0 Å². The number of aryl methyl sites for hydroxylation is 1. The normalized spacial score (nSPS) is 10.3. The molecule has 0 radical (unpaired) electrons. The molecule has 0 spiro atoms. The molecule has 0 unspecified atom stereocenters. The van der Waals surface area contributed by atoms with Crippen LogP contribution in [0.3, 0.4) is 0 Å². The lowest BCUT2D eigenvalue weighted by molar-refractivity contribution is 1.19. The average molecular weight is 219 g/mol. The molecule has 0 aromatic carbocycles. The number of pyridine rings is 2. The van der Waals surface area contributed by atoms with Crippen molar-refractivity contribution in [3.63, 3.8) is 0 Å². The van der Waals surface area contributed by atoms with Gasteiger partial charge in [-0.25, -0.2) is 0 Å². The zero-order valence-electron chi connectivity index (χ0n) is 8.44. The summed E-state index contributed by atoms with van der Waals surface area (Å²) in [5, 5.41) is 0. The highest BCUT2D eigenvalue weighted by Gasteiger charge is 2.06. The van der Waals surface area contributed by atoms with Crippen LogP contribution in [0.15, 0.2) is 36.7 Å². The second kappa shape index (κ2) is 4.41. The predicted octanol–water partition coefficient (Wildman–Crippen LogP) is 3.19. The number of hydrogen-bond donors (Lipinski definition) is 0. The maximum absolute atomic E-state index is 5.85. The molecule has 76 valence electrons. The fraction of sp³-hybridized carbons (Fsp3) is 0.167. The second-order valence-electron chi connectivity index (χ2n) is 3.36. The van der Waals surface area contributed by atoms with Crippen LogP contribution < -0.4 is 0 Å². The van der Waals surface area contributed by atoms with Crippen LogP contribution in [0.1, 0.15) is 11.1 Å². The zero-order chi connectivity index (χ0) is 10.7. The summed E-state index contributed by atoms with van der Waals surface area (Å²) < 4.78 is 0. The van der Waals surface area contributed by atoms with Crippen molar-refractivity contribution < 1.29 is 0 Å². The second-order valence-corrected chi connectivity index (χ2v) is 3.63. The molecular weight excluding hydrogens is 208 g/mol. The van der Waals surface area contributed by atoms with Crippen molar-refractivity contribution in [2.45, 2.75) is 12.8 Å². The Morgan fingerprint density at radius 2 is 2.07 bits per heavy atom. The van der Waals surface area contributed by atoms with Gasteiger partial charge in [-0.05, 0) is 36.2 Å². The van der Waals surface area contributed by atoms with E-state index in [-0.39, 0.29) is 0 Å². The summed E-state index contributed by atoms with van der Waals surface area (Å²) in [5.74, 6) is 0.457. The van der Waals surface area contributed by atoms with Crippen LogP contribution in [-0.2, 0) is 5.88 Å². The van der Waals surface area contributed by atoms with Crippen LogP contribution in [0, 0.1) is 6.92 Å². The lowest BCUT2D eigenvalue weighted by atomic mass is 10.1. The maximum Gasteiger partial charge on any atom is 0.0930 e. The molecule has 0 fully saturated rings. The largest absolute Gasteiger partial charge is 0.255 e. The minimum atomic E-state index is 0.457. The van der Waals surface area contributed by atoms with Gasteiger partial charge in [0.2, 0.25) is 0 Å². The minimum Gasteiger partial charge on any atom is -0.255 e. The van der Waals surface area contributed by atoms with Crippen molar-refractivity contribution in [3.05, 3.63) is 47.8 Å². The SMILES string of the molecule is Cc1ccnc(-c2ncccc2CCl)c1. The smallest absolute Gasteiger partial charge is 0.0930 e.